The predicted octanol–water partition coefficient (Wildman–Crippen LogP) is 5.40. The first-order valence-corrected chi connectivity index (χ1v) is 11.8. The van der Waals surface area contributed by atoms with Crippen molar-refractivity contribution in [3.05, 3.63) is 64.7 Å². The lowest BCUT2D eigenvalue weighted by molar-refractivity contribution is -0.137. The molecule has 1 aromatic carbocycles. The molecule has 1 aliphatic rings. The molecular weight excluding hydrogens is 484 g/mol. The SMILES string of the molecule is COC1CCCN(C(=O)c2nc(C)sc2-c2ccc(F)cc2)C1CNc1ccc(C(F)(F)F)cn1. The van der Waals surface area contributed by atoms with Gasteiger partial charge in [-0.05, 0) is 49.6 Å². The van der Waals surface area contributed by atoms with Crippen molar-refractivity contribution in [2.24, 2.45) is 0 Å². The summed E-state index contributed by atoms with van der Waals surface area (Å²) in [6.07, 6.45) is -2.51. The number of hydrogen-bond donors (Lipinski definition) is 1. The summed E-state index contributed by atoms with van der Waals surface area (Å²) in [6, 6.07) is 7.73. The zero-order valence-electron chi connectivity index (χ0n) is 19.1. The topological polar surface area (TPSA) is 67.3 Å². The highest BCUT2D eigenvalue weighted by Crippen LogP contribution is 2.33. The lowest BCUT2D eigenvalue weighted by atomic mass is 9.97. The third kappa shape index (κ3) is 5.62. The number of carbonyl (C=O) groups excluding carboxylic acids is 1. The van der Waals surface area contributed by atoms with Crippen LogP contribution in [0.3, 0.4) is 0 Å². The number of likely N-dealkylation sites (tertiary alicyclic amines) is 1. The van der Waals surface area contributed by atoms with Crippen molar-refractivity contribution in [2.45, 2.75) is 38.1 Å². The highest BCUT2D eigenvalue weighted by atomic mass is 32.1. The number of carbonyl (C=O) groups is 1. The van der Waals surface area contributed by atoms with Gasteiger partial charge in [-0.2, -0.15) is 13.2 Å². The summed E-state index contributed by atoms with van der Waals surface area (Å²) in [6.45, 7) is 2.51. The van der Waals surface area contributed by atoms with E-state index in [2.05, 4.69) is 15.3 Å². The number of aromatic nitrogens is 2. The van der Waals surface area contributed by atoms with Gasteiger partial charge in [0.25, 0.3) is 5.91 Å². The third-order valence-corrected chi connectivity index (χ3v) is 6.93. The molecule has 0 bridgehead atoms. The molecule has 1 amide bonds. The molecule has 2 atom stereocenters. The van der Waals surface area contributed by atoms with Crippen LogP contribution in [0.4, 0.5) is 23.4 Å². The molecule has 11 heteroatoms. The molecule has 2 unspecified atom stereocenters. The number of nitrogens with zero attached hydrogens (tertiary/aromatic N) is 3. The van der Waals surface area contributed by atoms with Gasteiger partial charge in [0.15, 0.2) is 0 Å². The maximum Gasteiger partial charge on any atom is 0.417 e. The van der Waals surface area contributed by atoms with E-state index in [1.165, 1.54) is 29.5 Å². The van der Waals surface area contributed by atoms with Gasteiger partial charge >= 0.3 is 6.18 Å². The molecular formula is C24H24F4N4O2S. The van der Waals surface area contributed by atoms with Crippen LogP contribution in [0.2, 0.25) is 0 Å². The van der Waals surface area contributed by atoms with Gasteiger partial charge in [-0.25, -0.2) is 14.4 Å². The first-order valence-electron chi connectivity index (χ1n) is 11.0. The maximum atomic E-state index is 13.7. The minimum Gasteiger partial charge on any atom is -0.379 e. The lowest BCUT2D eigenvalue weighted by Crippen LogP contribution is -2.54. The van der Waals surface area contributed by atoms with Gasteiger partial charge in [0.05, 0.1) is 27.6 Å². The average Bonchev–Trinajstić information content (AvgIpc) is 3.23. The third-order valence-electron chi connectivity index (χ3n) is 5.91. The zero-order chi connectivity index (χ0) is 25.2. The molecule has 1 aliphatic heterocycles. The Labute approximate surface area is 204 Å². The fraction of sp³-hybridized carbons (Fsp3) is 0.375. The van der Waals surface area contributed by atoms with Crippen molar-refractivity contribution < 1.29 is 27.1 Å². The fourth-order valence-corrected chi connectivity index (χ4v) is 5.09. The number of methoxy groups -OCH3 is 1. The summed E-state index contributed by atoms with van der Waals surface area (Å²) in [7, 11) is 1.57. The summed E-state index contributed by atoms with van der Waals surface area (Å²) >= 11 is 1.36. The number of rotatable bonds is 6. The number of thiazole rings is 1. The molecule has 1 N–H and O–H groups in total. The largest absolute Gasteiger partial charge is 0.417 e. The number of hydrogen-bond acceptors (Lipinski definition) is 6. The number of anilines is 1. The Morgan fingerprint density at radius 3 is 2.60 bits per heavy atom. The van der Waals surface area contributed by atoms with Gasteiger partial charge in [-0.1, -0.05) is 12.1 Å². The van der Waals surface area contributed by atoms with Gasteiger partial charge < -0.3 is 15.0 Å². The van der Waals surface area contributed by atoms with Crippen LogP contribution >= 0.6 is 11.3 Å². The second kappa shape index (κ2) is 10.3. The van der Waals surface area contributed by atoms with Crippen molar-refractivity contribution in [3.8, 4) is 10.4 Å². The Hall–Kier alpha value is -3.05. The van der Waals surface area contributed by atoms with E-state index in [9.17, 15) is 22.4 Å². The number of aryl methyl sites for hydroxylation is 1. The standard InChI is InChI=1S/C24H24F4N4O2S/c1-14-31-21(22(35-14)15-5-8-17(25)9-6-15)23(33)32-11-3-4-19(34-2)18(32)13-30-20-10-7-16(12-29-20)24(26,27)28/h5-10,12,18-19H,3-4,11,13H2,1-2H3,(H,29,30). The second-order valence-corrected chi connectivity index (χ2v) is 9.41. The Kier molecular flexibility index (Phi) is 7.36. The molecule has 0 radical (unpaired) electrons. The lowest BCUT2D eigenvalue weighted by Gasteiger charge is -2.40. The molecule has 3 aromatic rings. The first kappa shape index (κ1) is 25.1. The Balaban J connectivity index is 1.57. The van der Waals surface area contributed by atoms with E-state index in [4.69, 9.17) is 4.74 Å². The molecule has 35 heavy (non-hydrogen) atoms. The monoisotopic (exact) mass is 508 g/mol. The zero-order valence-corrected chi connectivity index (χ0v) is 19.9. The van der Waals surface area contributed by atoms with Gasteiger partial charge in [-0.3, -0.25) is 4.79 Å². The molecule has 2 aromatic heterocycles. The molecule has 4 rings (SSSR count). The Morgan fingerprint density at radius 2 is 1.97 bits per heavy atom. The average molecular weight is 509 g/mol. The number of benzene rings is 1. The van der Waals surface area contributed by atoms with Crippen LogP contribution in [0.15, 0.2) is 42.6 Å². The van der Waals surface area contributed by atoms with Gasteiger partial charge in [-0.15, -0.1) is 11.3 Å². The number of pyridine rings is 1. The van der Waals surface area contributed by atoms with Gasteiger partial charge in [0.2, 0.25) is 0 Å². The van der Waals surface area contributed by atoms with Crippen LogP contribution < -0.4 is 5.32 Å². The summed E-state index contributed by atoms with van der Waals surface area (Å²) in [4.78, 5) is 24.4. The number of ether oxygens (including phenoxy) is 1. The minimum atomic E-state index is -4.47. The van der Waals surface area contributed by atoms with Crippen molar-refractivity contribution in [1.29, 1.82) is 0 Å². The molecule has 0 spiro atoms. The van der Waals surface area contributed by atoms with Crippen LogP contribution in [-0.4, -0.2) is 53.1 Å². The highest BCUT2D eigenvalue weighted by molar-refractivity contribution is 7.15. The van der Waals surface area contributed by atoms with Crippen LogP contribution in [0.1, 0.15) is 33.9 Å². The summed E-state index contributed by atoms with van der Waals surface area (Å²) in [5.74, 6) is -0.380. The van der Waals surface area contributed by atoms with Gasteiger partial charge in [0, 0.05) is 26.4 Å². The number of alkyl halides is 3. The van der Waals surface area contributed by atoms with Crippen LogP contribution in [0.5, 0.6) is 0 Å². The van der Waals surface area contributed by atoms with Gasteiger partial charge in [0.1, 0.15) is 17.3 Å². The Morgan fingerprint density at radius 1 is 1.23 bits per heavy atom. The molecule has 186 valence electrons. The smallest absolute Gasteiger partial charge is 0.379 e. The normalized spacial score (nSPS) is 18.5. The summed E-state index contributed by atoms with van der Waals surface area (Å²) in [5.41, 5.74) is 0.150. The van der Waals surface area contributed by atoms with Crippen molar-refractivity contribution in [1.82, 2.24) is 14.9 Å². The fourth-order valence-electron chi connectivity index (χ4n) is 4.17. The molecule has 3 heterocycles. The minimum absolute atomic E-state index is 0.234. The van der Waals surface area contributed by atoms with E-state index >= 15 is 0 Å². The molecule has 6 nitrogen and oxygen atoms in total. The van der Waals surface area contributed by atoms with Crippen LogP contribution in [0, 0.1) is 12.7 Å². The number of piperidine rings is 1. The quantitative estimate of drug-likeness (QED) is 0.452. The van der Waals surface area contributed by atoms with Crippen molar-refractivity contribution in [3.63, 3.8) is 0 Å². The molecule has 1 fully saturated rings. The van der Waals surface area contributed by atoms with Crippen LogP contribution in [-0.2, 0) is 10.9 Å². The summed E-state index contributed by atoms with van der Waals surface area (Å²) < 4.78 is 57.5. The van der Waals surface area contributed by atoms with E-state index in [0.717, 1.165) is 25.1 Å². The molecule has 1 saturated heterocycles. The maximum absolute atomic E-state index is 13.7. The van der Waals surface area contributed by atoms with Crippen molar-refractivity contribution >= 4 is 23.1 Å². The van der Waals surface area contributed by atoms with Crippen molar-refractivity contribution in [2.75, 3.05) is 25.5 Å². The highest BCUT2D eigenvalue weighted by Gasteiger charge is 2.37. The van der Waals surface area contributed by atoms with E-state index < -0.39 is 17.8 Å². The predicted molar refractivity (Wildman–Crippen MR) is 125 cm³/mol. The number of halogens is 4. The molecule has 0 aliphatic carbocycles. The van der Waals surface area contributed by atoms with E-state index in [0.29, 0.717) is 22.0 Å². The van der Waals surface area contributed by atoms with E-state index in [-0.39, 0.29) is 35.9 Å². The first-order chi connectivity index (χ1) is 16.7. The summed E-state index contributed by atoms with van der Waals surface area (Å²) in [5, 5.41) is 3.74. The van der Waals surface area contributed by atoms with Crippen LogP contribution in [0.25, 0.3) is 10.4 Å². The van der Waals surface area contributed by atoms with E-state index in [1.54, 1.807) is 31.1 Å². The molecule has 0 saturated carbocycles. The second-order valence-electron chi connectivity index (χ2n) is 8.21. The number of amides is 1. The van der Waals surface area contributed by atoms with E-state index in [1.807, 2.05) is 0 Å². The number of nitrogens with one attached hydrogen (secondary N) is 1. The Bertz CT molecular complexity index is 1170.